The van der Waals surface area contributed by atoms with E-state index in [4.69, 9.17) is 21.1 Å². The minimum Gasteiger partial charge on any atom is -0.493 e. The third-order valence-corrected chi connectivity index (χ3v) is 6.00. The zero-order chi connectivity index (χ0) is 24.6. The first kappa shape index (κ1) is 24.2. The van der Waals surface area contributed by atoms with E-state index >= 15 is 0 Å². The Morgan fingerprint density at radius 3 is 2.57 bits per heavy atom. The van der Waals surface area contributed by atoms with Crippen LogP contribution in [0.2, 0.25) is 5.02 Å². The van der Waals surface area contributed by atoms with E-state index in [0.29, 0.717) is 33.1 Å². The summed E-state index contributed by atoms with van der Waals surface area (Å²) in [7, 11) is 3.10. The van der Waals surface area contributed by atoms with Crippen molar-refractivity contribution in [2.75, 3.05) is 20.0 Å². The van der Waals surface area contributed by atoms with Crippen LogP contribution in [0.4, 0.5) is 0 Å². The second-order valence-electron chi connectivity index (χ2n) is 7.02. The number of hydrogen-bond acceptors (Lipinski definition) is 8. The molecule has 0 aliphatic rings. The normalized spacial score (nSPS) is 10.9. The molecular formula is C24H21ClN6O3S. The van der Waals surface area contributed by atoms with Gasteiger partial charge >= 0.3 is 0 Å². The number of aromatic nitrogens is 4. The Hall–Kier alpha value is -3.89. The van der Waals surface area contributed by atoms with Crippen LogP contribution in [0.25, 0.3) is 17.1 Å². The van der Waals surface area contributed by atoms with E-state index in [-0.39, 0.29) is 11.7 Å². The monoisotopic (exact) mass is 508 g/mol. The van der Waals surface area contributed by atoms with Crippen molar-refractivity contribution in [1.29, 1.82) is 0 Å². The van der Waals surface area contributed by atoms with Crippen LogP contribution in [0.15, 0.2) is 77.2 Å². The smallest absolute Gasteiger partial charge is 0.250 e. The number of ether oxygens (including phenoxy) is 2. The van der Waals surface area contributed by atoms with Gasteiger partial charge in [-0.25, -0.2) is 5.43 Å². The minimum atomic E-state index is -0.302. The summed E-state index contributed by atoms with van der Waals surface area (Å²) in [5.41, 5.74) is 4.86. The maximum Gasteiger partial charge on any atom is 0.250 e. The fourth-order valence-electron chi connectivity index (χ4n) is 3.22. The van der Waals surface area contributed by atoms with Gasteiger partial charge in [-0.05, 0) is 48.5 Å². The molecule has 0 bridgehead atoms. The molecule has 1 amide bonds. The molecule has 4 rings (SSSR count). The van der Waals surface area contributed by atoms with Crippen LogP contribution >= 0.6 is 23.4 Å². The van der Waals surface area contributed by atoms with Crippen LogP contribution in [0.1, 0.15) is 5.56 Å². The van der Waals surface area contributed by atoms with Gasteiger partial charge in [-0.1, -0.05) is 29.4 Å². The number of hydrazone groups is 1. The fourth-order valence-corrected chi connectivity index (χ4v) is 4.09. The molecule has 0 unspecified atom stereocenters. The lowest BCUT2D eigenvalue weighted by Crippen LogP contribution is -2.20. The molecule has 11 heteroatoms. The number of methoxy groups -OCH3 is 2. The van der Waals surface area contributed by atoms with Crippen LogP contribution in [0.3, 0.4) is 0 Å². The molecule has 0 aliphatic heterocycles. The molecule has 1 N–H and O–H groups in total. The van der Waals surface area contributed by atoms with Crippen LogP contribution in [-0.4, -0.2) is 51.8 Å². The first-order valence-electron chi connectivity index (χ1n) is 10.4. The zero-order valence-corrected chi connectivity index (χ0v) is 20.5. The van der Waals surface area contributed by atoms with Crippen LogP contribution < -0.4 is 14.9 Å². The molecule has 0 saturated heterocycles. The second kappa shape index (κ2) is 11.5. The number of halogens is 1. The molecule has 178 valence electrons. The highest BCUT2D eigenvalue weighted by atomic mass is 35.5. The predicted molar refractivity (Wildman–Crippen MR) is 136 cm³/mol. The second-order valence-corrected chi connectivity index (χ2v) is 8.40. The third kappa shape index (κ3) is 5.79. The first-order chi connectivity index (χ1) is 17.1. The Morgan fingerprint density at radius 1 is 1.09 bits per heavy atom. The van der Waals surface area contributed by atoms with Crippen LogP contribution in [-0.2, 0) is 4.79 Å². The van der Waals surface area contributed by atoms with Crippen LogP contribution in [0, 0.1) is 0 Å². The summed E-state index contributed by atoms with van der Waals surface area (Å²) in [4.78, 5) is 16.5. The minimum absolute atomic E-state index is 0.0780. The molecule has 0 fully saturated rings. The number of benzene rings is 2. The van der Waals surface area contributed by atoms with Crippen molar-refractivity contribution < 1.29 is 14.3 Å². The molecule has 0 spiro atoms. The van der Waals surface area contributed by atoms with Gasteiger partial charge in [0.1, 0.15) is 0 Å². The summed E-state index contributed by atoms with van der Waals surface area (Å²) >= 11 is 7.31. The van der Waals surface area contributed by atoms with Gasteiger partial charge in [0.05, 0.1) is 26.2 Å². The molecule has 2 heterocycles. The van der Waals surface area contributed by atoms with Gasteiger partial charge in [0.25, 0.3) is 5.91 Å². The summed E-state index contributed by atoms with van der Waals surface area (Å²) in [5, 5.41) is 13.9. The van der Waals surface area contributed by atoms with Gasteiger partial charge in [0, 0.05) is 34.2 Å². The number of amides is 1. The number of pyridine rings is 1. The van der Waals surface area contributed by atoms with Gasteiger partial charge < -0.3 is 9.47 Å². The topological polar surface area (TPSA) is 104 Å². The largest absolute Gasteiger partial charge is 0.493 e. The highest BCUT2D eigenvalue weighted by Crippen LogP contribution is 2.30. The lowest BCUT2D eigenvalue weighted by Gasteiger charge is -2.10. The Kier molecular flexibility index (Phi) is 7.96. The van der Waals surface area contributed by atoms with Crippen molar-refractivity contribution in [1.82, 2.24) is 25.2 Å². The van der Waals surface area contributed by atoms with Gasteiger partial charge in [-0.15, -0.1) is 10.2 Å². The third-order valence-electron chi connectivity index (χ3n) is 4.82. The van der Waals surface area contributed by atoms with Crippen molar-refractivity contribution in [3.8, 4) is 28.6 Å². The molecule has 0 saturated carbocycles. The SMILES string of the molecule is COc1cccc(/C=N/NC(=O)CSc2nnc(-c3ccncc3)n2-c2ccc(Cl)cc2)c1OC. The van der Waals surface area contributed by atoms with Crippen molar-refractivity contribution in [3.05, 3.63) is 77.6 Å². The maximum atomic E-state index is 12.5. The van der Waals surface area contributed by atoms with E-state index in [9.17, 15) is 4.79 Å². The van der Waals surface area contributed by atoms with Gasteiger partial charge in [-0.3, -0.25) is 14.3 Å². The average Bonchev–Trinajstić information content (AvgIpc) is 3.32. The van der Waals surface area contributed by atoms with E-state index in [1.54, 1.807) is 50.9 Å². The molecule has 0 atom stereocenters. The van der Waals surface area contributed by atoms with Gasteiger partial charge in [-0.2, -0.15) is 5.10 Å². The molecule has 4 aromatic rings. The molecule has 2 aromatic carbocycles. The van der Waals surface area contributed by atoms with E-state index in [1.807, 2.05) is 34.9 Å². The number of rotatable bonds is 9. The predicted octanol–water partition coefficient (Wildman–Crippen LogP) is 4.24. The lowest BCUT2D eigenvalue weighted by atomic mass is 10.2. The van der Waals surface area contributed by atoms with E-state index in [2.05, 4.69) is 25.7 Å². The van der Waals surface area contributed by atoms with Crippen molar-refractivity contribution >= 4 is 35.5 Å². The van der Waals surface area contributed by atoms with Gasteiger partial charge in [0.15, 0.2) is 22.5 Å². The highest BCUT2D eigenvalue weighted by Gasteiger charge is 2.17. The molecule has 9 nitrogen and oxygen atoms in total. The molecule has 0 radical (unpaired) electrons. The maximum absolute atomic E-state index is 12.5. The Balaban J connectivity index is 1.49. The number of thioether (sulfide) groups is 1. The summed E-state index contributed by atoms with van der Waals surface area (Å²) in [6.07, 6.45) is 4.87. The van der Waals surface area contributed by atoms with Crippen molar-refractivity contribution in [3.63, 3.8) is 0 Å². The molecule has 2 aromatic heterocycles. The van der Waals surface area contributed by atoms with Crippen molar-refractivity contribution in [2.24, 2.45) is 5.10 Å². The number of nitrogens with one attached hydrogen (secondary N) is 1. The summed E-state index contributed by atoms with van der Waals surface area (Å²) < 4.78 is 12.5. The Labute approximate surface area is 211 Å². The highest BCUT2D eigenvalue weighted by molar-refractivity contribution is 7.99. The summed E-state index contributed by atoms with van der Waals surface area (Å²) in [6, 6.07) is 16.4. The average molecular weight is 509 g/mol. The first-order valence-corrected chi connectivity index (χ1v) is 11.7. The van der Waals surface area contributed by atoms with E-state index in [1.165, 1.54) is 18.0 Å². The van der Waals surface area contributed by atoms with Crippen molar-refractivity contribution in [2.45, 2.75) is 5.16 Å². The number of nitrogens with zero attached hydrogens (tertiary/aromatic N) is 5. The number of carbonyl (C=O) groups is 1. The quantitative estimate of drug-likeness (QED) is 0.205. The Morgan fingerprint density at radius 2 is 1.86 bits per heavy atom. The number of para-hydroxylation sites is 1. The number of carbonyl (C=O) groups excluding carboxylic acids is 1. The summed E-state index contributed by atoms with van der Waals surface area (Å²) in [5.74, 6) is 1.51. The lowest BCUT2D eigenvalue weighted by molar-refractivity contribution is -0.118. The molecule has 35 heavy (non-hydrogen) atoms. The van der Waals surface area contributed by atoms with Crippen LogP contribution in [0.5, 0.6) is 11.5 Å². The number of hydrogen-bond donors (Lipinski definition) is 1. The van der Waals surface area contributed by atoms with Gasteiger partial charge in [0.2, 0.25) is 0 Å². The molecular weight excluding hydrogens is 488 g/mol. The van der Waals surface area contributed by atoms with E-state index in [0.717, 1.165) is 11.3 Å². The molecule has 0 aliphatic carbocycles. The summed E-state index contributed by atoms with van der Waals surface area (Å²) in [6.45, 7) is 0. The Bertz CT molecular complexity index is 1330. The fraction of sp³-hybridized carbons (Fsp3) is 0.125. The van der Waals surface area contributed by atoms with E-state index < -0.39 is 0 Å². The standard InChI is InChI=1S/C24H21ClN6O3S/c1-33-20-5-3-4-17(22(20)34-2)14-27-28-21(32)15-35-24-30-29-23(16-10-12-26-13-11-16)31(24)19-8-6-18(25)7-9-19/h3-14H,15H2,1-2H3,(H,28,32)/b27-14+. The zero-order valence-electron chi connectivity index (χ0n) is 18.9.